The van der Waals surface area contributed by atoms with E-state index < -0.39 is 11.7 Å². The molecule has 0 saturated heterocycles. The maximum atomic E-state index is 12.4. The van der Waals surface area contributed by atoms with Gasteiger partial charge in [-0.1, -0.05) is 6.92 Å². The van der Waals surface area contributed by atoms with Gasteiger partial charge in [0, 0.05) is 9.49 Å². The van der Waals surface area contributed by atoms with Crippen molar-refractivity contribution in [1.82, 2.24) is 0 Å². The van der Waals surface area contributed by atoms with Gasteiger partial charge < -0.3 is 5.11 Å². The maximum absolute atomic E-state index is 12.4. The van der Waals surface area contributed by atoms with Crippen molar-refractivity contribution in [3.8, 4) is 0 Å². The lowest BCUT2D eigenvalue weighted by molar-refractivity contribution is -0.137. The zero-order chi connectivity index (χ0) is 11.6. The highest BCUT2D eigenvalue weighted by Crippen LogP contribution is 2.32. The number of hydrogen-bond donors (Lipinski definition) is 1. The molecule has 0 aliphatic rings. The van der Waals surface area contributed by atoms with Crippen LogP contribution in [0.4, 0.5) is 13.2 Å². The third-order valence-corrected chi connectivity index (χ3v) is 2.58. The number of aliphatic hydroxyl groups is 1. The van der Waals surface area contributed by atoms with Crippen molar-refractivity contribution in [2.45, 2.75) is 13.1 Å². The molecule has 0 fully saturated rings. The van der Waals surface area contributed by atoms with Crippen LogP contribution in [0, 0.1) is 9.49 Å². The monoisotopic (exact) mass is 329 g/mol. The largest absolute Gasteiger partial charge is 0.416 e. The van der Waals surface area contributed by atoms with Gasteiger partial charge in [-0.25, -0.2) is 0 Å². The maximum Gasteiger partial charge on any atom is 0.416 e. The smallest absolute Gasteiger partial charge is 0.395 e. The minimum Gasteiger partial charge on any atom is -0.395 e. The molecule has 0 aliphatic carbocycles. The van der Waals surface area contributed by atoms with Gasteiger partial charge in [-0.2, -0.15) is 13.2 Å². The minimum absolute atomic E-state index is 0.239. The second-order valence-electron chi connectivity index (χ2n) is 3.16. The van der Waals surface area contributed by atoms with Gasteiger partial charge in [-0.05, 0) is 46.4 Å². The van der Waals surface area contributed by atoms with E-state index in [-0.39, 0.29) is 6.61 Å². The van der Waals surface area contributed by atoms with E-state index in [2.05, 4.69) is 0 Å². The third-order valence-electron chi connectivity index (χ3n) is 1.96. The zero-order valence-corrected chi connectivity index (χ0v) is 10.1. The van der Waals surface area contributed by atoms with Gasteiger partial charge in [0.25, 0.3) is 0 Å². The van der Waals surface area contributed by atoms with Crippen molar-refractivity contribution in [3.63, 3.8) is 0 Å². The molecule has 15 heavy (non-hydrogen) atoms. The molecule has 0 atom stereocenters. The Labute approximate surface area is 99.4 Å². The predicted octanol–water partition coefficient (Wildman–Crippen LogP) is 3.24. The Bertz CT molecular complexity index is 349. The summed E-state index contributed by atoms with van der Waals surface area (Å²) in [4.78, 5) is 0. The molecule has 1 N–H and O–H groups in total. The van der Waals surface area contributed by atoms with Gasteiger partial charge in [-0.15, -0.1) is 0 Å². The minimum atomic E-state index is -4.34. The Hall–Kier alpha value is -0.300. The first-order valence-electron chi connectivity index (χ1n) is 4.16. The molecule has 1 rings (SSSR count). The third kappa shape index (κ3) is 3.34. The summed E-state index contributed by atoms with van der Waals surface area (Å²) in [6, 6.07) is 3.74. The molecule has 0 amide bonds. The lowest BCUT2D eigenvalue weighted by atomic mass is 10.00. The fourth-order valence-corrected chi connectivity index (χ4v) is 1.76. The summed E-state index contributed by atoms with van der Waals surface area (Å²) < 4.78 is 37.8. The first-order valence-corrected chi connectivity index (χ1v) is 5.24. The molecule has 1 aromatic rings. The Kier molecular flexibility index (Phi) is 3.99. The average molecular weight is 329 g/mol. The summed E-state index contributed by atoms with van der Waals surface area (Å²) >= 11 is 1.83. The van der Waals surface area contributed by atoms with Crippen molar-refractivity contribution in [1.29, 1.82) is 0 Å². The van der Waals surface area contributed by atoms with Gasteiger partial charge in [0.05, 0.1) is 12.2 Å². The summed E-state index contributed by atoms with van der Waals surface area (Å²) in [5.41, 5.74) is -0.256. The van der Waals surface area contributed by atoms with Gasteiger partial charge >= 0.3 is 6.18 Å². The normalized spacial score (nSPS) is 12.2. The quantitative estimate of drug-likeness (QED) is 0.826. The zero-order valence-electron chi connectivity index (χ0n) is 7.90. The Morgan fingerprint density at radius 1 is 1.33 bits per heavy atom. The van der Waals surface area contributed by atoms with E-state index in [1.54, 1.807) is 13.0 Å². The molecule has 83 valence electrons. The van der Waals surface area contributed by atoms with Crippen LogP contribution in [0.5, 0.6) is 0 Å². The van der Waals surface area contributed by atoms with Crippen LogP contribution in [-0.2, 0) is 6.18 Å². The molecular formula is C10H9F3IO. The fourth-order valence-electron chi connectivity index (χ4n) is 1.09. The van der Waals surface area contributed by atoms with Gasteiger partial charge in [0.1, 0.15) is 0 Å². The second kappa shape index (κ2) is 4.69. The topological polar surface area (TPSA) is 20.2 Å². The van der Waals surface area contributed by atoms with E-state index in [1.165, 1.54) is 0 Å². The summed E-state index contributed by atoms with van der Waals surface area (Å²) in [6.07, 6.45) is -4.34. The number of alkyl halides is 3. The molecule has 0 heterocycles. The van der Waals surface area contributed by atoms with Crippen LogP contribution in [0.1, 0.15) is 18.1 Å². The summed E-state index contributed by atoms with van der Waals surface area (Å²) in [7, 11) is 0. The van der Waals surface area contributed by atoms with Crippen LogP contribution in [0.15, 0.2) is 18.2 Å². The number of rotatable bonds is 2. The van der Waals surface area contributed by atoms with Crippen molar-refractivity contribution < 1.29 is 18.3 Å². The van der Waals surface area contributed by atoms with Crippen LogP contribution in [-0.4, -0.2) is 11.7 Å². The molecule has 0 unspecified atom stereocenters. The SMILES string of the molecule is C[C](CO)c1cc(I)cc(C(F)(F)F)c1. The standard InChI is InChI=1S/C10H9F3IO/c1-6(5-15)7-2-8(10(11,12)13)4-9(14)3-7/h2-4,15H,5H2,1H3. The summed E-state index contributed by atoms with van der Waals surface area (Å²) in [5.74, 6) is 0.527. The van der Waals surface area contributed by atoms with E-state index in [4.69, 9.17) is 5.11 Å². The Morgan fingerprint density at radius 2 is 1.93 bits per heavy atom. The number of hydrogen-bond acceptors (Lipinski definition) is 1. The number of benzene rings is 1. The van der Waals surface area contributed by atoms with Gasteiger partial charge in [0.2, 0.25) is 0 Å². The lowest BCUT2D eigenvalue weighted by Crippen LogP contribution is -2.08. The first kappa shape index (κ1) is 12.8. The van der Waals surface area contributed by atoms with Gasteiger partial charge in [0.15, 0.2) is 0 Å². The first-order chi connectivity index (χ1) is 6.84. The van der Waals surface area contributed by atoms with Crippen molar-refractivity contribution in [2.75, 3.05) is 6.61 Å². The molecule has 0 bridgehead atoms. The van der Waals surface area contributed by atoms with Crippen molar-refractivity contribution in [3.05, 3.63) is 38.8 Å². The molecule has 5 heteroatoms. The molecule has 0 saturated carbocycles. The average Bonchev–Trinajstić information content (AvgIpc) is 2.14. The molecule has 0 aliphatic heterocycles. The van der Waals surface area contributed by atoms with E-state index in [1.807, 2.05) is 22.6 Å². The van der Waals surface area contributed by atoms with Crippen LogP contribution in [0.2, 0.25) is 0 Å². The molecule has 0 aromatic heterocycles. The van der Waals surface area contributed by atoms with Crippen LogP contribution >= 0.6 is 22.6 Å². The van der Waals surface area contributed by atoms with E-state index in [0.29, 0.717) is 15.1 Å². The molecule has 1 radical (unpaired) electrons. The summed E-state index contributed by atoms with van der Waals surface area (Å²) in [6.45, 7) is 1.36. The molecular weight excluding hydrogens is 320 g/mol. The lowest BCUT2D eigenvalue weighted by Gasteiger charge is -2.12. The molecule has 1 aromatic carbocycles. The van der Waals surface area contributed by atoms with E-state index >= 15 is 0 Å². The van der Waals surface area contributed by atoms with Gasteiger partial charge in [-0.3, -0.25) is 0 Å². The van der Waals surface area contributed by atoms with Crippen LogP contribution in [0.25, 0.3) is 0 Å². The second-order valence-corrected chi connectivity index (χ2v) is 4.41. The fraction of sp³-hybridized carbons (Fsp3) is 0.300. The molecule has 1 nitrogen and oxygen atoms in total. The Balaban J connectivity index is 3.17. The highest BCUT2D eigenvalue weighted by molar-refractivity contribution is 14.1. The van der Waals surface area contributed by atoms with Crippen molar-refractivity contribution in [2.24, 2.45) is 0 Å². The highest BCUT2D eigenvalue weighted by Gasteiger charge is 2.31. The summed E-state index contributed by atoms with van der Waals surface area (Å²) in [5, 5.41) is 8.85. The number of aliphatic hydroxyl groups excluding tert-OH is 1. The van der Waals surface area contributed by atoms with Crippen molar-refractivity contribution >= 4 is 22.6 Å². The predicted molar refractivity (Wildman–Crippen MR) is 59.3 cm³/mol. The van der Waals surface area contributed by atoms with Crippen LogP contribution in [0.3, 0.4) is 0 Å². The Morgan fingerprint density at radius 3 is 2.40 bits per heavy atom. The van der Waals surface area contributed by atoms with Crippen LogP contribution < -0.4 is 0 Å². The van der Waals surface area contributed by atoms with E-state index in [9.17, 15) is 13.2 Å². The number of halogens is 4. The highest BCUT2D eigenvalue weighted by atomic mass is 127. The van der Waals surface area contributed by atoms with E-state index in [0.717, 1.165) is 12.1 Å². The molecule has 0 spiro atoms.